The van der Waals surface area contributed by atoms with Crippen molar-refractivity contribution in [2.75, 3.05) is 24.5 Å². The highest BCUT2D eigenvalue weighted by atomic mass is 16.2. The van der Waals surface area contributed by atoms with Crippen LogP contribution in [0.1, 0.15) is 32.1 Å². The fourth-order valence-electron chi connectivity index (χ4n) is 3.47. The maximum absolute atomic E-state index is 12.1. The lowest BCUT2D eigenvalue weighted by atomic mass is 9.93. The van der Waals surface area contributed by atoms with E-state index in [4.69, 9.17) is 0 Å². The summed E-state index contributed by atoms with van der Waals surface area (Å²) in [5.41, 5.74) is 0.906. The molecule has 2 fully saturated rings. The van der Waals surface area contributed by atoms with Crippen LogP contribution in [0, 0.1) is 5.92 Å². The smallest absolute Gasteiger partial charge is 0.229 e. The molecule has 1 aromatic carbocycles. The molecule has 2 aliphatic rings. The summed E-state index contributed by atoms with van der Waals surface area (Å²) >= 11 is 0. The third-order valence-electron chi connectivity index (χ3n) is 4.80. The van der Waals surface area contributed by atoms with E-state index in [-0.39, 0.29) is 17.9 Å². The maximum atomic E-state index is 12.1. The number of anilines is 1. The first-order chi connectivity index (χ1) is 11.2. The molecule has 124 valence electrons. The lowest BCUT2D eigenvalue weighted by molar-refractivity contribution is -0.122. The van der Waals surface area contributed by atoms with Gasteiger partial charge in [0.15, 0.2) is 0 Å². The van der Waals surface area contributed by atoms with E-state index < -0.39 is 0 Å². The van der Waals surface area contributed by atoms with Crippen molar-refractivity contribution in [2.24, 2.45) is 5.92 Å². The van der Waals surface area contributed by atoms with Gasteiger partial charge in [-0.2, -0.15) is 0 Å². The van der Waals surface area contributed by atoms with Gasteiger partial charge in [-0.25, -0.2) is 0 Å². The average molecular weight is 315 g/mol. The Kier molecular flexibility index (Phi) is 5.28. The molecule has 0 saturated carbocycles. The summed E-state index contributed by atoms with van der Waals surface area (Å²) in [6, 6.07) is 9.58. The standard InChI is InChI=1S/C18H25N3O2/c22-17(7-6-14-8-10-19-11-9-14)20-15-12-18(23)21(13-15)16-4-2-1-3-5-16/h1-5,14-15,19H,6-13H2,(H,20,22). The highest BCUT2D eigenvalue weighted by Gasteiger charge is 2.31. The third-order valence-corrected chi connectivity index (χ3v) is 4.80. The Hall–Kier alpha value is -1.88. The zero-order valence-electron chi connectivity index (χ0n) is 13.5. The van der Waals surface area contributed by atoms with E-state index in [1.54, 1.807) is 4.90 Å². The van der Waals surface area contributed by atoms with Crippen LogP contribution in [-0.4, -0.2) is 37.5 Å². The maximum Gasteiger partial charge on any atom is 0.229 e. The summed E-state index contributed by atoms with van der Waals surface area (Å²) in [5, 5.41) is 6.37. The van der Waals surface area contributed by atoms with E-state index in [1.165, 1.54) is 0 Å². The van der Waals surface area contributed by atoms with Gasteiger partial charge in [-0.15, -0.1) is 0 Å². The van der Waals surface area contributed by atoms with Crippen molar-refractivity contribution in [2.45, 2.75) is 38.1 Å². The zero-order valence-corrected chi connectivity index (χ0v) is 13.5. The molecular weight excluding hydrogens is 290 g/mol. The van der Waals surface area contributed by atoms with Crippen LogP contribution >= 0.6 is 0 Å². The number of piperidine rings is 1. The van der Waals surface area contributed by atoms with Gasteiger partial charge >= 0.3 is 0 Å². The molecule has 5 nitrogen and oxygen atoms in total. The van der Waals surface area contributed by atoms with Crippen LogP contribution in [0.4, 0.5) is 5.69 Å². The first-order valence-corrected chi connectivity index (χ1v) is 8.58. The van der Waals surface area contributed by atoms with Gasteiger partial charge in [0.1, 0.15) is 0 Å². The molecule has 23 heavy (non-hydrogen) atoms. The van der Waals surface area contributed by atoms with Crippen LogP contribution in [0.2, 0.25) is 0 Å². The van der Waals surface area contributed by atoms with Gasteiger partial charge in [-0.3, -0.25) is 9.59 Å². The number of carbonyl (C=O) groups is 2. The number of rotatable bonds is 5. The van der Waals surface area contributed by atoms with Crippen LogP contribution in [0.25, 0.3) is 0 Å². The van der Waals surface area contributed by atoms with Crippen LogP contribution in [0.15, 0.2) is 30.3 Å². The molecule has 2 amide bonds. The van der Waals surface area contributed by atoms with Crippen molar-refractivity contribution in [1.29, 1.82) is 0 Å². The fourth-order valence-corrected chi connectivity index (χ4v) is 3.47. The zero-order chi connectivity index (χ0) is 16.1. The Morgan fingerprint density at radius 1 is 1.22 bits per heavy atom. The van der Waals surface area contributed by atoms with E-state index in [0.717, 1.165) is 38.0 Å². The van der Waals surface area contributed by atoms with Crippen LogP contribution in [0.5, 0.6) is 0 Å². The van der Waals surface area contributed by atoms with E-state index in [0.29, 0.717) is 25.3 Å². The summed E-state index contributed by atoms with van der Waals surface area (Å²) in [6.07, 6.45) is 4.25. The van der Waals surface area contributed by atoms with Gasteiger partial charge in [-0.1, -0.05) is 18.2 Å². The second-order valence-corrected chi connectivity index (χ2v) is 6.54. The van der Waals surface area contributed by atoms with Gasteiger partial charge in [0.25, 0.3) is 0 Å². The van der Waals surface area contributed by atoms with Crippen molar-refractivity contribution in [1.82, 2.24) is 10.6 Å². The van der Waals surface area contributed by atoms with Crippen molar-refractivity contribution >= 4 is 17.5 Å². The molecule has 1 unspecified atom stereocenters. The Morgan fingerprint density at radius 2 is 1.96 bits per heavy atom. The lowest BCUT2D eigenvalue weighted by Gasteiger charge is -2.22. The van der Waals surface area contributed by atoms with Crippen molar-refractivity contribution in [3.05, 3.63) is 30.3 Å². The summed E-state index contributed by atoms with van der Waals surface area (Å²) in [7, 11) is 0. The second kappa shape index (κ2) is 7.59. The predicted molar refractivity (Wildman–Crippen MR) is 90.2 cm³/mol. The molecule has 0 aromatic heterocycles. The molecule has 3 rings (SSSR count). The Labute approximate surface area is 137 Å². The van der Waals surface area contributed by atoms with E-state index in [1.807, 2.05) is 30.3 Å². The van der Waals surface area contributed by atoms with Crippen LogP contribution in [0.3, 0.4) is 0 Å². The van der Waals surface area contributed by atoms with Gasteiger partial charge < -0.3 is 15.5 Å². The molecule has 2 aliphatic heterocycles. The Bertz CT molecular complexity index is 540. The highest BCUT2D eigenvalue weighted by molar-refractivity contribution is 5.96. The molecule has 0 bridgehead atoms. The third kappa shape index (κ3) is 4.32. The van der Waals surface area contributed by atoms with Crippen LogP contribution in [-0.2, 0) is 9.59 Å². The number of nitrogens with zero attached hydrogens (tertiary/aromatic N) is 1. The number of benzene rings is 1. The van der Waals surface area contributed by atoms with Crippen molar-refractivity contribution < 1.29 is 9.59 Å². The largest absolute Gasteiger partial charge is 0.351 e. The molecule has 1 aromatic rings. The lowest BCUT2D eigenvalue weighted by Crippen LogP contribution is -2.37. The molecule has 2 N–H and O–H groups in total. The van der Waals surface area contributed by atoms with Gasteiger partial charge in [0.2, 0.25) is 11.8 Å². The number of nitrogens with one attached hydrogen (secondary N) is 2. The normalized spacial score (nSPS) is 22.3. The monoisotopic (exact) mass is 315 g/mol. The highest BCUT2D eigenvalue weighted by Crippen LogP contribution is 2.21. The van der Waals surface area contributed by atoms with Gasteiger partial charge in [0.05, 0.1) is 6.04 Å². The summed E-state index contributed by atoms with van der Waals surface area (Å²) in [6.45, 7) is 2.70. The van der Waals surface area contributed by atoms with Crippen LogP contribution < -0.4 is 15.5 Å². The number of hydrogen-bond acceptors (Lipinski definition) is 3. The molecule has 0 spiro atoms. The Balaban J connectivity index is 1.45. The predicted octanol–water partition coefficient (Wildman–Crippen LogP) is 1.69. The fraction of sp³-hybridized carbons (Fsp3) is 0.556. The number of para-hydroxylation sites is 1. The number of amides is 2. The van der Waals surface area contributed by atoms with E-state index in [2.05, 4.69) is 10.6 Å². The molecule has 0 aliphatic carbocycles. The number of carbonyl (C=O) groups excluding carboxylic acids is 2. The average Bonchev–Trinajstić information content (AvgIpc) is 2.95. The topological polar surface area (TPSA) is 61.4 Å². The molecule has 5 heteroatoms. The SMILES string of the molecule is O=C(CCC1CCNCC1)NC1CC(=O)N(c2ccccc2)C1. The summed E-state index contributed by atoms with van der Waals surface area (Å²) in [4.78, 5) is 26.0. The molecule has 0 radical (unpaired) electrons. The summed E-state index contributed by atoms with van der Waals surface area (Å²) in [5.74, 6) is 0.823. The van der Waals surface area contributed by atoms with Gasteiger partial charge in [-0.05, 0) is 50.4 Å². The molecule has 2 heterocycles. The minimum Gasteiger partial charge on any atom is -0.351 e. The van der Waals surface area contributed by atoms with E-state index in [9.17, 15) is 9.59 Å². The number of hydrogen-bond donors (Lipinski definition) is 2. The summed E-state index contributed by atoms with van der Waals surface area (Å²) < 4.78 is 0. The first-order valence-electron chi connectivity index (χ1n) is 8.58. The second-order valence-electron chi connectivity index (χ2n) is 6.54. The minimum absolute atomic E-state index is 0.0665. The van der Waals surface area contributed by atoms with E-state index >= 15 is 0 Å². The molecule has 2 saturated heterocycles. The quantitative estimate of drug-likeness (QED) is 0.869. The van der Waals surface area contributed by atoms with Crippen molar-refractivity contribution in [3.63, 3.8) is 0 Å². The first kappa shape index (κ1) is 16.0. The van der Waals surface area contributed by atoms with Crippen molar-refractivity contribution in [3.8, 4) is 0 Å². The van der Waals surface area contributed by atoms with Gasteiger partial charge in [0, 0.05) is 25.1 Å². The Morgan fingerprint density at radius 3 is 2.70 bits per heavy atom. The minimum atomic E-state index is -0.0665. The molecular formula is C18H25N3O2. The molecule has 1 atom stereocenters.